The minimum Gasteiger partial charge on any atom is -0.357 e. The highest BCUT2D eigenvalue weighted by Gasteiger charge is 2.28. The molecular weight excluding hydrogens is 256 g/mol. The molecule has 0 amide bonds. The van der Waals surface area contributed by atoms with Crippen LogP contribution >= 0.6 is 0 Å². The highest BCUT2D eigenvalue weighted by atomic mass is 16.5. The Labute approximate surface area is 124 Å². The topological polar surface area (TPSA) is 9.23 Å². The summed E-state index contributed by atoms with van der Waals surface area (Å²) >= 11 is 0. The molecule has 0 N–H and O–H groups in total. The maximum Gasteiger partial charge on any atom is 0.102 e. The molecule has 0 aliphatic carbocycles. The Morgan fingerprint density at radius 1 is 0.714 bits per heavy atom. The first-order chi connectivity index (χ1) is 10.3. The van der Waals surface area contributed by atoms with Crippen molar-refractivity contribution in [3.63, 3.8) is 0 Å². The van der Waals surface area contributed by atoms with Crippen LogP contribution in [0.25, 0.3) is 21.5 Å². The molecule has 2 atom stereocenters. The van der Waals surface area contributed by atoms with Gasteiger partial charge in [0.1, 0.15) is 12.2 Å². The summed E-state index contributed by atoms with van der Waals surface area (Å²) in [7, 11) is 0. The second kappa shape index (κ2) is 4.57. The Morgan fingerprint density at radius 3 is 1.62 bits per heavy atom. The molecule has 1 heterocycles. The Hall–Kier alpha value is -2.38. The van der Waals surface area contributed by atoms with Crippen LogP contribution in [0, 0.1) is 0 Å². The van der Waals surface area contributed by atoms with Gasteiger partial charge in [-0.15, -0.1) is 13.2 Å². The predicted molar refractivity (Wildman–Crippen MR) is 88.4 cm³/mol. The molecule has 2 unspecified atom stereocenters. The van der Waals surface area contributed by atoms with Crippen molar-refractivity contribution < 1.29 is 4.74 Å². The molecule has 1 aliphatic heterocycles. The lowest BCUT2D eigenvalue weighted by Crippen LogP contribution is -1.91. The van der Waals surface area contributed by atoms with Gasteiger partial charge < -0.3 is 4.74 Å². The van der Waals surface area contributed by atoms with E-state index in [4.69, 9.17) is 4.74 Å². The molecule has 0 saturated heterocycles. The highest BCUT2D eigenvalue weighted by Crippen LogP contribution is 2.42. The van der Waals surface area contributed by atoms with Gasteiger partial charge in [0.05, 0.1) is 0 Å². The van der Waals surface area contributed by atoms with Crippen LogP contribution in [0.15, 0.2) is 73.8 Å². The van der Waals surface area contributed by atoms with E-state index >= 15 is 0 Å². The summed E-state index contributed by atoms with van der Waals surface area (Å²) < 4.78 is 5.96. The molecule has 0 radical (unpaired) electrons. The quantitative estimate of drug-likeness (QED) is 0.443. The second-order valence-electron chi connectivity index (χ2n) is 5.48. The van der Waals surface area contributed by atoms with E-state index in [0.29, 0.717) is 0 Å². The Kier molecular flexibility index (Phi) is 2.69. The summed E-state index contributed by atoms with van der Waals surface area (Å²) in [5, 5.41) is 5.01. The largest absolute Gasteiger partial charge is 0.357 e. The third-order valence-corrected chi connectivity index (χ3v) is 4.24. The molecule has 102 valence electrons. The van der Waals surface area contributed by atoms with Gasteiger partial charge in [0.2, 0.25) is 0 Å². The van der Waals surface area contributed by atoms with E-state index in [1.165, 1.54) is 32.7 Å². The molecule has 1 nitrogen and oxygen atoms in total. The van der Waals surface area contributed by atoms with Crippen LogP contribution in [0.5, 0.6) is 0 Å². The summed E-state index contributed by atoms with van der Waals surface area (Å²) in [5.74, 6) is 0. The Bertz CT molecular complexity index is 804. The molecule has 0 fully saturated rings. The molecule has 0 saturated carbocycles. The van der Waals surface area contributed by atoms with Crippen LogP contribution in [-0.2, 0) is 4.74 Å². The predicted octanol–water partition coefficient (Wildman–Crippen LogP) is 5.48. The van der Waals surface area contributed by atoms with Gasteiger partial charge in [-0.3, -0.25) is 0 Å². The lowest BCUT2D eigenvalue weighted by molar-refractivity contribution is 0.0678. The van der Waals surface area contributed by atoms with Crippen molar-refractivity contribution in [2.24, 2.45) is 0 Å². The number of ether oxygens (including phenoxy) is 1. The van der Waals surface area contributed by atoms with E-state index in [1.54, 1.807) is 0 Å². The van der Waals surface area contributed by atoms with E-state index in [1.807, 2.05) is 12.2 Å². The monoisotopic (exact) mass is 272 g/mol. The zero-order valence-corrected chi connectivity index (χ0v) is 11.8. The Balaban J connectivity index is 2.03. The zero-order valence-electron chi connectivity index (χ0n) is 11.8. The van der Waals surface area contributed by atoms with E-state index in [9.17, 15) is 0 Å². The number of hydrogen-bond donors (Lipinski definition) is 0. The summed E-state index contributed by atoms with van der Waals surface area (Å²) in [4.78, 5) is 0. The molecule has 4 rings (SSSR count). The SMILES string of the molecule is C=CC1OC(C=C)c2cc3cc4ccccc4cc3cc21. The van der Waals surface area contributed by atoms with E-state index < -0.39 is 0 Å². The maximum atomic E-state index is 5.96. The highest BCUT2D eigenvalue weighted by molar-refractivity contribution is 5.98. The summed E-state index contributed by atoms with van der Waals surface area (Å²) in [6, 6.07) is 17.4. The molecule has 0 bridgehead atoms. The van der Waals surface area contributed by atoms with Crippen LogP contribution in [-0.4, -0.2) is 0 Å². The molecule has 0 spiro atoms. The molecule has 1 aliphatic rings. The maximum absolute atomic E-state index is 5.96. The van der Waals surface area contributed by atoms with Gasteiger partial charge in [-0.1, -0.05) is 36.4 Å². The van der Waals surface area contributed by atoms with Gasteiger partial charge in [0, 0.05) is 0 Å². The molecule has 3 aromatic carbocycles. The average molecular weight is 272 g/mol. The van der Waals surface area contributed by atoms with Crippen molar-refractivity contribution in [1.82, 2.24) is 0 Å². The van der Waals surface area contributed by atoms with Crippen molar-refractivity contribution in [2.75, 3.05) is 0 Å². The van der Waals surface area contributed by atoms with Crippen LogP contribution in [0.1, 0.15) is 23.3 Å². The number of rotatable bonds is 2. The average Bonchev–Trinajstić information content (AvgIpc) is 2.87. The van der Waals surface area contributed by atoms with Crippen molar-refractivity contribution >= 4 is 21.5 Å². The second-order valence-corrected chi connectivity index (χ2v) is 5.48. The Morgan fingerprint density at radius 2 is 1.19 bits per heavy atom. The summed E-state index contributed by atoms with van der Waals surface area (Å²) in [5.41, 5.74) is 2.41. The zero-order chi connectivity index (χ0) is 14.4. The molecule has 3 aromatic rings. The number of hydrogen-bond acceptors (Lipinski definition) is 1. The smallest absolute Gasteiger partial charge is 0.102 e. The molecular formula is C20H16O. The van der Waals surface area contributed by atoms with E-state index in [-0.39, 0.29) is 12.2 Å². The minimum atomic E-state index is -0.0427. The normalized spacial score (nSPS) is 20.6. The van der Waals surface area contributed by atoms with Gasteiger partial charge in [0.15, 0.2) is 0 Å². The summed E-state index contributed by atoms with van der Waals surface area (Å²) in [6.45, 7) is 7.76. The summed E-state index contributed by atoms with van der Waals surface area (Å²) in [6.07, 6.45) is 3.63. The lowest BCUT2D eigenvalue weighted by atomic mass is 9.95. The van der Waals surface area contributed by atoms with Crippen molar-refractivity contribution in [3.8, 4) is 0 Å². The minimum absolute atomic E-state index is 0.0427. The van der Waals surface area contributed by atoms with Gasteiger partial charge in [-0.25, -0.2) is 0 Å². The molecule has 1 heteroatoms. The third kappa shape index (κ3) is 1.82. The van der Waals surface area contributed by atoms with Crippen molar-refractivity contribution in [2.45, 2.75) is 12.2 Å². The van der Waals surface area contributed by atoms with Gasteiger partial charge in [-0.2, -0.15) is 0 Å². The van der Waals surface area contributed by atoms with Crippen molar-refractivity contribution in [3.05, 3.63) is 85.0 Å². The first-order valence-electron chi connectivity index (χ1n) is 7.17. The first-order valence-corrected chi connectivity index (χ1v) is 7.17. The van der Waals surface area contributed by atoms with E-state index in [2.05, 4.69) is 61.7 Å². The van der Waals surface area contributed by atoms with Crippen LogP contribution in [0.3, 0.4) is 0 Å². The number of benzene rings is 3. The standard InChI is InChI=1S/C20H16O/c1-3-19-17-11-15-9-13-7-5-6-8-14(13)10-16(15)12-18(17)20(4-2)21-19/h3-12,19-20H,1-2H2. The van der Waals surface area contributed by atoms with E-state index in [0.717, 1.165) is 0 Å². The van der Waals surface area contributed by atoms with Crippen LogP contribution < -0.4 is 0 Å². The van der Waals surface area contributed by atoms with Gasteiger partial charge in [-0.05, 0) is 56.9 Å². The van der Waals surface area contributed by atoms with Crippen molar-refractivity contribution in [1.29, 1.82) is 0 Å². The van der Waals surface area contributed by atoms with Gasteiger partial charge in [0.25, 0.3) is 0 Å². The van der Waals surface area contributed by atoms with Gasteiger partial charge >= 0.3 is 0 Å². The first kappa shape index (κ1) is 12.4. The fourth-order valence-electron chi connectivity index (χ4n) is 3.19. The lowest BCUT2D eigenvalue weighted by Gasteiger charge is -2.08. The van der Waals surface area contributed by atoms with Crippen LogP contribution in [0.2, 0.25) is 0 Å². The third-order valence-electron chi connectivity index (χ3n) is 4.24. The fourth-order valence-corrected chi connectivity index (χ4v) is 3.19. The number of fused-ring (bicyclic) bond motifs is 3. The fraction of sp³-hybridized carbons (Fsp3) is 0.100. The molecule has 0 aromatic heterocycles. The molecule has 21 heavy (non-hydrogen) atoms. The van der Waals surface area contributed by atoms with Crippen LogP contribution in [0.4, 0.5) is 0 Å².